The molecule has 0 aliphatic carbocycles. The topological polar surface area (TPSA) is 143 Å². The average Bonchev–Trinajstić information content (AvgIpc) is 2.61. The molecule has 0 unspecified atom stereocenters. The molecule has 0 heterocycles. The van der Waals surface area contributed by atoms with Gasteiger partial charge in [0, 0.05) is 10.4 Å². The van der Waals surface area contributed by atoms with Gasteiger partial charge < -0.3 is 9.11 Å². The molecule has 0 aliphatic heterocycles. The van der Waals surface area contributed by atoms with Gasteiger partial charge in [-0.05, 0) is 24.3 Å². The van der Waals surface area contributed by atoms with E-state index in [-0.39, 0.29) is 0 Å². The van der Waals surface area contributed by atoms with E-state index in [1.807, 2.05) is 60.7 Å². The third kappa shape index (κ3) is 12.8. The Morgan fingerprint density at radius 1 is 0.760 bits per heavy atom. The van der Waals surface area contributed by atoms with Crippen LogP contribution in [0.1, 0.15) is 0 Å². The van der Waals surface area contributed by atoms with Crippen LogP contribution in [0.15, 0.2) is 60.7 Å². The first-order valence-corrected chi connectivity index (χ1v) is 8.83. The summed E-state index contributed by atoms with van der Waals surface area (Å²) < 4.78 is 36.5. The fourth-order valence-corrected chi connectivity index (χ4v) is 1.68. The third-order valence-electron chi connectivity index (χ3n) is 2.10. The first-order chi connectivity index (χ1) is 11.7. The van der Waals surface area contributed by atoms with E-state index in [0.29, 0.717) is 0 Å². The quantitative estimate of drug-likeness (QED) is 0.202. The van der Waals surface area contributed by atoms with E-state index in [9.17, 15) is 0 Å². The number of diazo groups is 2. The van der Waals surface area contributed by atoms with Crippen LogP contribution in [0.4, 0.5) is 11.4 Å². The summed E-state index contributed by atoms with van der Waals surface area (Å²) >= 11 is 6.00. The van der Waals surface area contributed by atoms with E-state index in [2.05, 4.69) is 42.5 Å². The zero-order chi connectivity index (χ0) is 19.3. The second-order valence-electron chi connectivity index (χ2n) is 3.78. The number of hydrogen-bond acceptors (Lipinski definition) is 8. The van der Waals surface area contributed by atoms with Gasteiger partial charge in [0.25, 0.3) is 10.8 Å². The molecule has 0 aromatic heterocycles. The first kappa shape index (κ1) is 22.7. The SMILES string of the molecule is N#[N+]N(Br)c1ccccc1.N#[N+]N(Br)c1ccccc1.O=S(=O)([O-])[O-]. The lowest BCUT2D eigenvalue weighted by atomic mass is 10.3. The lowest BCUT2D eigenvalue weighted by Crippen LogP contribution is -1.93. The fourth-order valence-electron chi connectivity index (χ4n) is 1.21. The summed E-state index contributed by atoms with van der Waals surface area (Å²) in [4.78, 5) is 0. The number of nitrogens with zero attached hydrogens (tertiary/aromatic N) is 6. The maximum absolute atomic E-state index is 8.52. The van der Waals surface area contributed by atoms with Crippen molar-refractivity contribution in [3.05, 3.63) is 70.8 Å². The monoisotopic (exact) mass is 492 g/mol. The minimum absolute atomic E-state index is 0.782. The van der Waals surface area contributed by atoms with Gasteiger partial charge in [0.05, 0.1) is 8.07 Å². The van der Waals surface area contributed by atoms with Crippen LogP contribution in [0.25, 0.3) is 10.2 Å². The average molecular weight is 494 g/mol. The second kappa shape index (κ2) is 12.1. The summed E-state index contributed by atoms with van der Waals surface area (Å²) in [6.07, 6.45) is 0. The van der Waals surface area contributed by atoms with Crippen molar-refractivity contribution in [3.8, 4) is 0 Å². The highest BCUT2D eigenvalue weighted by Crippen LogP contribution is 2.17. The van der Waals surface area contributed by atoms with E-state index in [0.717, 1.165) is 11.4 Å². The standard InChI is InChI=1S/2C6H5BrN3.H2O4S/c2*7-10(9-8)6-4-2-1-3-5-6;1-5(2,3)4/h2*1-5H;(H2,1,2,3,4)/q2*+1;/p-2. The molecule has 0 bridgehead atoms. The number of anilines is 2. The van der Waals surface area contributed by atoms with Gasteiger partial charge in [0.2, 0.25) is 0 Å². The van der Waals surface area contributed by atoms with E-state index >= 15 is 0 Å². The molecule has 25 heavy (non-hydrogen) atoms. The summed E-state index contributed by atoms with van der Waals surface area (Å²) in [7, 11) is -5.17. The second-order valence-corrected chi connectivity index (χ2v) is 5.94. The highest BCUT2D eigenvalue weighted by molar-refractivity contribution is 9.10. The summed E-state index contributed by atoms with van der Waals surface area (Å²) in [6, 6.07) is 18.5. The Kier molecular flexibility index (Phi) is 11.0. The van der Waals surface area contributed by atoms with Gasteiger partial charge in [-0.1, -0.05) is 36.4 Å². The normalized spacial score (nSPS) is 9.04. The van der Waals surface area contributed by atoms with E-state index < -0.39 is 10.4 Å². The smallest absolute Gasteiger partial charge is 0.322 e. The zero-order valence-corrected chi connectivity index (χ0v) is 16.2. The molecule has 2 aromatic rings. The van der Waals surface area contributed by atoms with Crippen molar-refractivity contribution in [1.82, 2.24) is 0 Å². The maximum atomic E-state index is 8.52. The van der Waals surface area contributed by atoms with Gasteiger partial charge in [-0.3, -0.25) is 8.42 Å². The van der Waals surface area contributed by atoms with Crippen LogP contribution in [0.5, 0.6) is 0 Å². The molecule has 13 heteroatoms. The molecule has 0 amide bonds. The van der Waals surface area contributed by atoms with Gasteiger partial charge in [-0.25, -0.2) is 0 Å². The van der Waals surface area contributed by atoms with Crippen LogP contribution in [-0.4, -0.2) is 17.5 Å². The third-order valence-corrected chi connectivity index (χ3v) is 3.20. The van der Waals surface area contributed by atoms with Gasteiger partial charge in [-0.15, -0.1) is 0 Å². The van der Waals surface area contributed by atoms with Gasteiger partial charge in [0.1, 0.15) is 43.7 Å². The van der Waals surface area contributed by atoms with E-state index in [1.165, 1.54) is 8.07 Å². The van der Waals surface area contributed by atoms with Gasteiger partial charge in [0.15, 0.2) is 0 Å². The lowest BCUT2D eigenvalue weighted by Gasteiger charge is -2.06. The van der Waals surface area contributed by atoms with Crippen molar-refractivity contribution in [2.45, 2.75) is 0 Å². The molecule has 0 aliphatic rings. The molecular formula is C12H10Br2N6O4S. The molecule has 0 radical (unpaired) electrons. The minimum atomic E-state index is -5.17. The first-order valence-electron chi connectivity index (χ1n) is 6.07. The Hall–Kier alpha value is -2.29. The van der Waals surface area contributed by atoms with Gasteiger partial charge in [-0.2, -0.15) is 0 Å². The molecule has 0 atom stereocenters. The number of rotatable bonds is 2. The Morgan fingerprint density at radius 3 is 1.20 bits per heavy atom. The van der Waals surface area contributed by atoms with Crippen LogP contribution < -0.4 is 8.07 Å². The van der Waals surface area contributed by atoms with Crippen LogP contribution >= 0.6 is 32.3 Å². The van der Waals surface area contributed by atoms with Gasteiger partial charge >= 0.3 is 10.2 Å². The lowest BCUT2D eigenvalue weighted by molar-refractivity contribution is 0.352. The fraction of sp³-hybridized carbons (Fsp3) is 0. The van der Waals surface area contributed by atoms with Crippen molar-refractivity contribution in [2.24, 2.45) is 0 Å². The molecular weight excluding hydrogens is 484 g/mol. The largest absolute Gasteiger partial charge is 0.759 e. The molecule has 2 rings (SSSR count). The van der Waals surface area contributed by atoms with Crippen LogP contribution in [0.3, 0.4) is 0 Å². The van der Waals surface area contributed by atoms with E-state index in [4.69, 9.17) is 28.3 Å². The van der Waals surface area contributed by atoms with Crippen LogP contribution in [0, 0.1) is 10.8 Å². The Labute approximate surface area is 161 Å². The molecule has 0 fully saturated rings. The Balaban J connectivity index is 0.000000368. The van der Waals surface area contributed by atoms with Crippen molar-refractivity contribution in [1.29, 1.82) is 10.8 Å². The minimum Gasteiger partial charge on any atom is -0.759 e. The Bertz CT molecular complexity index is 747. The number of benzene rings is 2. The summed E-state index contributed by atoms with van der Waals surface area (Å²) in [6.45, 7) is 0. The zero-order valence-electron chi connectivity index (χ0n) is 12.3. The molecule has 0 N–H and O–H groups in total. The number of para-hydroxylation sites is 2. The number of hydrogen-bond donors (Lipinski definition) is 0. The van der Waals surface area contributed by atoms with Crippen molar-refractivity contribution in [3.63, 3.8) is 0 Å². The Morgan fingerprint density at radius 2 is 1.00 bits per heavy atom. The molecule has 0 spiro atoms. The predicted octanol–water partition coefficient (Wildman–Crippen LogP) is 3.80. The molecule has 10 nitrogen and oxygen atoms in total. The summed E-state index contributed by atoms with van der Waals surface area (Å²) in [5, 5.41) is 22.4. The predicted molar refractivity (Wildman–Crippen MR) is 96.3 cm³/mol. The number of halogens is 2. The highest BCUT2D eigenvalue weighted by atomic mass is 79.9. The van der Waals surface area contributed by atoms with Crippen molar-refractivity contribution in [2.75, 3.05) is 8.07 Å². The molecule has 132 valence electrons. The van der Waals surface area contributed by atoms with Crippen molar-refractivity contribution >= 4 is 54.1 Å². The summed E-state index contributed by atoms with van der Waals surface area (Å²) in [5.74, 6) is 0. The van der Waals surface area contributed by atoms with Crippen molar-refractivity contribution < 1.29 is 17.5 Å². The molecule has 2 aromatic carbocycles. The summed E-state index contributed by atoms with van der Waals surface area (Å²) in [5.41, 5.74) is 1.56. The van der Waals surface area contributed by atoms with Crippen LogP contribution in [0.2, 0.25) is 0 Å². The highest BCUT2D eigenvalue weighted by Gasteiger charge is 2.10. The maximum Gasteiger partial charge on any atom is 0.322 e. The molecule has 0 saturated carbocycles. The van der Waals surface area contributed by atoms with Crippen LogP contribution in [-0.2, 0) is 10.4 Å². The molecule has 0 saturated heterocycles. The van der Waals surface area contributed by atoms with E-state index in [1.54, 1.807) is 0 Å².